The van der Waals surface area contributed by atoms with Gasteiger partial charge in [-0.3, -0.25) is 9.69 Å². The molecule has 126 valence electrons. The average Bonchev–Trinajstić information content (AvgIpc) is 3.08. The zero-order valence-electron chi connectivity index (χ0n) is 13.8. The first-order chi connectivity index (χ1) is 11.7. The Morgan fingerprint density at radius 1 is 1.08 bits per heavy atom. The van der Waals surface area contributed by atoms with Gasteiger partial charge in [0.15, 0.2) is 11.5 Å². The van der Waals surface area contributed by atoms with Crippen LogP contribution in [0.3, 0.4) is 0 Å². The standard InChI is InChI=1S/C19H22N2O3/c1-2-21(12-15-6-4-3-5-7-15)13-19(22)20-11-16-8-9-17-18(10-16)24-14-23-17/h3-10H,2,11-14H2,1H3,(H,20,22). The number of carbonyl (C=O) groups is 1. The van der Waals surface area contributed by atoms with Crippen molar-refractivity contribution in [2.24, 2.45) is 0 Å². The number of amides is 1. The summed E-state index contributed by atoms with van der Waals surface area (Å²) < 4.78 is 10.6. The van der Waals surface area contributed by atoms with Gasteiger partial charge in [-0.05, 0) is 29.8 Å². The summed E-state index contributed by atoms with van der Waals surface area (Å²) >= 11 is 0. The van der Waals surface area contributed by atoms with Gasteiger partial charge < -0.3 is 14.8 Å². The summed E-state index contributed by atoms with van der Waals surface area (Å²) in [5, 5.41) is 2.96. The molecular weight excluding hydrogens is 304 g/mol. The molecule has 5 heteroatoms. The topological polar surface area (TPSA) is 50.8 Å². The van der Waals surface area contributed by atoms with Gasteiger partial charge in [0.05, 0.1) is 6.54 Å². The SMILES string of the molecule is CCN(CC(=O)NCc1ccc2c(c1)OCO2)Cc1ccccc1. The molecule has 5 nitrogen and oxygen atoms in total. The molecule has 1 heterocycles. The number of ether oxygens (including phenoxy) is 2. The van der Waals surface area contributed by atoms with E-state index in [4.69, 9.17) is 9.47 Å². The summed E-state index contributed by atoms with van der Waals surface area (Å²) in [5.74, 6) is 1.51. The van der Waals surface area contributed by atoms with Gasteiger partial charge in [-0.25, -0.2) is 0 Å². The molecule has 0 radical (unpaired) electrons. The average molecular weight is 326 g/mol. The van der Waals surface area contributed by atoms with Gasteiger partial charge in [-0.1, -0.05) is 43.3 Å². The minimum atomic E-state index is 0.0189. The molecule has 0 aliphatic carbocycles. The normalized spacial score (nSPS) is 12.4. The van der Waals surface area contributed by atoms with Crippen LogP contribution < -0.4 is 14.8 Å². The van der Waals surface area contributed by atoms with Crippen molar-refractivity contribution in [3.8, 4) is 11.5 Å². The molecule has 0 bridgehead atoms. The number of fused-ring (bicyclic) bond motifs is 1. The molecule has 2 aromatic carbocycles. The number of carbonyl (C=O) groups excluding carboxylic acids is 1. The molecule has 0 atom stereocenters. The van der Waals surface area contributed by atoms with Gasteiger partial charge in [0.25, 0.3) is 0 Å². The summed E-state index contributed by atoms with van der Waals surface area (Å²) in [5.41, 5.74) is 2.21. The highest BCUT2D eigenvalue weighted by Crippen LogP contribution is 2.32. The largest absolute Gasteiger partial charge is 0.454 e. The highest BCUT2D eigenvalue weighted by atomic mass is 16.7. The Morgan fingerprint density at radius 2 is 1.88 bits per heavy atom. The predicted octanol–water partition coefficient (Wildman–Crippen LogP) is 2.55. The molecule has 24 heavy (non-hydrogen) atoms. The van der Waals surface area contributed by atoms with Crippen molar-refractivity contribution < 1.29 is 14.3 Å². The monoisotopic (exact) mass is 326 g/mol. The Kier molecular flexibility index (Phi) is 5.33. The molecule has 0 spiro atoms. The smallest absolute Gasteiger partial charge is 0.234 e. The van der Waals surface area contributed by atoms with E-state index < -0.39 is 0 Å². The van der Waals surface area contributed by atoms with E-state index in [0.717, 1.165) is 30.2 Å². The fraction of sp³-hybridized carbons (Fsp3) is 0.316. The maximum atomic E-state index is 12.2. The van der Waals surface area contributed by atoms with Crippen LogP contribution >= 0.6 is 0 Å². The first-order valence-electron chi connectivity index (χ1n) is 8.16. The van der Waals surface area contributed by atoms with Gasteiger partial charge in [0.1, 0.15) is 0 Å². The van der Waals surface area contributed by atoms with Gasteiger partial charge in [-0.15, -0.1) is 0 Å². The Balaban J connectivity index is 1.49. The van der Waals surface area contributed by atoms with E-state index in [1.165, 1.54) is 5.56 Å². The summed E-state index contributed by atoms with van der Waals surface area (Å²) in [6.07, 6.45) is 0. The molecule has 2 aromatic rings. The zero-order chi connectivity index (χ0) is 16.8. The van der Waals surface area contributed by atoms with Crippen molar-refractivity contribution in [1.82, 2.24) is 10.2 Å². The maximum absolute atomic E-state index is 12.2. The molecular formula is C19H22N2O3. The number of benzene rings is 2. The molecule has 0 unspecified atom stereocenters. The van der Waals surface area contributed by atoms with Gasteiger partial charge in [-0.2, -0.15) is 0 Å². The second-order valence-corrected chi connectivity index (χ2v) is 5.75. The van der Waals surface area contributed by atoms with E-state index in [1.807, 2.05) is 36.4 Å². The molecule has 0 fully saturated rings. The lowest BCUT2D eigenvalue weighted by molar-refractivity contribution is -0.122. The van der Waals surface area contributed by atoms with E-state index in [-0.39, 0.29) is 12.7 Å². The third kappa shape index (κ3) is 4.26. The zero-order valence-corrected chi connectivity index (χ0v) is 13.8. The van der Waals surface area contributed by atoms with Crippen molar-refractivity contribution in [1.29, 1.82) is 0 Å². The highest BCUT2D eigenvalue weighted by molar-refractivity contribution is 5.78. The fourth-order valence-corrected chi connectivity index (χ4v) is 2.63. The minimum Gasteiger partial charge on any atom is -0.454 e. The van der Waals surface area contributed by atoms with Crippen molar-refractivity contribution in [2.75, 3.05) is 19.9 Å². The van der Waals surface area contributed by atoms with E-state index in [0.29, 0.717) is 13.1 Å². The molecule has 3 rings (SSSR count). The second kappa shape index (κ2) is 7.84. The molecule has 1 amide bonds. The number of hydrogen-bond acceptors (Lipinski definition) is 4. The lowest BCUT2D eigenvalue weighted by atomic mass is 10.2. The quantitative estimate of drug-likeness (QED) is 0.849. The van der Waals surface area contributed by atoms with Crippen LogP contribution in [0.15, 0.2) is 48.5 Å². The van der Waals surface area contributed by atoms with Crippen LogP contribution in [0, 0.1) is 0 Å². The van der Waals surface area contributed by atoms with Gasteiger partial charge >= 0.3 is 0 Å². The Morgan fingerprint density at radius 3 is 2.67 bits per heavy atom. The van der Waals surface area contributed by atoms with Gasteiger partial charge in [0.2, 0.25) is 12.7 Å². The van der Waals surface area contributed by atoms with Crippen LogP contribution in [-0.4, -0.2) is 30.7 Å². The summed E-state index contributed by atoms with van der Waals surface area (Å²) in [6.45, 7) is 4.79. The number of likely N-dealkylation sites (N-methyl/N-ethyl adjacent to an activating group) is 1. The van der Waals surface area contributed by atoms with Crippen LogP contribution in [0.25, 0.3) is 0 Å². The lowest BCUT2D eigenvalue weighted by Crippen LogP contribution is -2.36. The van der Waals surface area contributed by atoms with Crippen molar-refractivity contribution in [3.63, 3.8) is 0 Å². The van der Waals surface area contributed by atoms with E-state index >= 15 is 0 Å². The Hall–Kier alpha value is -2.53. The number of hydrogen-bond donors (Lipinski definition) is 1. The van der Waals surface area contributed by atoms with Crippen LogP contribution in [-0.2, 0) is 17.9 Å². The third-order valence-electron chi connectivity index (χ3n) is 3.99. The first kappa shape index (κ1) is 16.3. The molecule has 1 aliphatic heterocycles. The first-order valence-corrected chi connectivity index (χ1v) is 8.16. The van der Waals surface area contributed by atoms with Crippen LogP contribution in [0.5, 0.6) is 11.5 Å². The van der Waals surface area contributed by atoms with E-state index in [2.05, 4.69) is 29.3 Å². The van der Waals surface area contributed by atoms with E-state index in [9.17, 15) is 4.79 Å². The number of nitrogens with zero attached hydrogens (tertiary/aromatic N) is 1. The second-order valence-electron chi connectivity index (χ2n) is 5.75. The number of rotatable bonds is 7. The van der Waals surface area contributed by atoms with Crippen molar-refractivity contribution in [2.45, 2.75) is 20.0 Å². The molecule has 1 aliphatic rings. The Labute approximate surface area is 142 Å². The maximum Gasteiger partial charge on any atom is 0.234 e. The lowest BCUT2D eigenvalue weighted by Gasteiger charge is -2.20. The fourth-order valence-electron chi connectivity index (χ4n) is 2.63. The van der Waals surface area contributed by atoms with Gasteiger partial charge in [0, 0.05) is 13.1 Å². The third-order valence-corrected chi connectivity index (χ3v) is 3.99. The molecule has 0 saturated carbocycles. The summed E-state index contributed by atoms with van der Waals surface area (Å²) in [4.78, 5) is 14.3. The Bertz CT molecular complexity index is 688. The summed E-state index contributed by atoms with van der Waals surface area (Å²) in [6, 6.07) is 15.9. The summed E-state index contributed by atoms with van der Waals surface area (Å²) in [7, 11) is 0. The van der Waals surface area contributed by atoms with Crippen molar-refractivity contribution >= 4 is 5.91 Å². The molecule has 1 N–H and O–H groups in total. The minimum absolute atomic E-state index is 0.0189. The molecule has 0 saturated heterocycles. The van der Waals surface area contributed by atoms with Crippen LogP contribution in [0.1, 0.15) is 18.1 Å². The van der Waals surface area contributed by atoms with E-state index in [1.54, 1.807) is 0 Å². The van der Waals surface area contributed by atoms with Crippen molar-refractivity contribution in [3.05, 3.63) is 59.7 Å². The molecule has 0 aromatic heterocycles. The number of nitrogens with one attached hydrogen (secondary N) is 1. The van der Waals surface area contributed by atoms with Crippen LogP contribution in [0.4, 0.5) is 0 Å². The van der Waals surface area contributed by atoms with Crippen LogP contribution in [0.2, 0.25) is 0 Å². The predicted molar refractivity (Wildman–Crippen MR) is 91.8 cm³/mol. The highest BCUT2D eigenvalue weighted by Gasteiger charge is 2.14.